The standard InChI is InChI=1S/C15H22N2O2S/c16-9-10-19-11-15(18)17-12-5-7-14(8-6-12)20-13-3-1-2-4-13/h5-8,13H,1-4,9-11,16H2,(H,17,18). The lowest BCUT2D eigenvalue weighted by atomic mass is 10.3. The molecule has 3 N–H and O–H groups in total. The summed E-state index contributed by atoms with van der Waals surface area (Å²) in [5.41, 5.74) is 6.10. The van der Waals surface area contributed by atoms with Crippen LogP contribution in [-0.4, -0.2) is 30.9 Å². The Hall–Kier alpha value is -1.04. The van der Waals surface area contributed by atoms with Crippen molar-refractivity contribution in [2.45, 2.75) is 35.8 Å². The molecular formula is C15H22N2O2S. The molecule has 1 aliphatic carbocycles. The summed E-state index contributed by atoms with van der Waals surface area (Å²) in [7, 11) is 0. The molecule has 4 nitrogen and oxygen atoms in total. The van der Waals surface area contributed by atoms with Gasteiger partial charge in [-0.1, -0.05) is 12.8 Å². The minimum atomic E-state index is -0.144. The van der Waals surface area contributed by atoms with Gasteiger partial charge < -0.3 is 15.8 Å². The predicted octanol–water partition coefficient (Wildman–Crippen LogP) is 2.64. The Morgan fingerprint density at radius 2 is 2.00 bits per heavy atom. The summed E-state index contributed by atoms with van der Waals surface area (Å²) < 4.78 is 5.09. The van der Waals surface area contributed by atoms with Gasteiger partial charge in [-0.15, -0.1) is 11.8 Å². The molecule has 0 radical (unpaired) electrons. The molecule has 5 heteroatoms. The number of thioether (sulfide) groups is 1. The Bertz CT molecular complexity index is 416. The average molecular weight is 294 g/mol. The number of rotatable bonds is 7. The van der Waals surface area contributed by atoms with Crippen LogP contribution in [0.1, 0.15) is 25.7 Å². The summed E-state index contributed by atoms with van der Waals surface area (Å²) in [6, 6.07) is 8.02. The van der Waals surface area contributed by atoms with Crippen LogP contribution >= 0.6 is 11.8 Å². The van der Waals surface area contributed by atoms with Crippen LogP contribution in [0.4, 0.5) is 5.69 Å². The van der Waals surface area contributed by atoms with Crippen LogP contribution in [0.2, 0.25) is 0 Å². The third-order valence-electron chi connectivity index (χ3n) is 3.24. The highest BCUT2D eigenvalue weighted by atomic mass is 32.2. The van der Waals surface area contributed by atoms with Crippen LogP contribution in [0, 0.1) is 0 Å². The zero-order valence-electron chi connectivity index (χ0n) is 11.6. The molecule has 0 heterocycles. The summed E-state index contributed by atoms with van der Waals surface area (Å²) in [4.78, 5) is 12.8. The molecule has 0 unspecified atom stereocenters. The molecule has 1 amide bonds. The monoisotopic (exact) mass is 294 g/mol. The van der Waals surface area contributed by atoms with Gasteiger partial charge in [-0.2, -0.15) is 0 Å². The van der Waals surface area contributed by atoms with Crippen molar-refractivity contribution in [2.75, 3.05) is 25.1 Å². The second kappa shape index (κ2) is 8.29. The number of carbonyl (C=O) groups excluding carboxylic acids is 1. The van der Waals surface area contributed by atoms with Crippen molar-refractivity contribution in [3.8, 4) is 0 Å². The van der Waals surface area contributed by atoms with Crippen molar-refractivity contribution >= 4 is 23.4 Å². The topological polar surface area (TPSA) is 64.3 Å². The number of ether oxygens (including phenoxy) is 1. The van der Waals surface area contributed by atoms with Crippen LogP contribution in [0.25, 0.3) is 0 Å². The maximum Gasteiger partial charge on any atom is 0.250 e. The van der Waals surface area contributed by atoms with Crippen LogP contribution in [0.3, 0.4) is 0 Å². The van der Waals surface area contributed by atoms with Gasteiger partial charge in [0.1, 0.15) is 6.61 Å². The fourth-order valence-electron chi connectivity index (χ4n) is 2.26. The van der Waals surface area contributed by atoms with Gasteiger partial charge in [-0.05, 0) is 37.1 Å². The Morgan fingerprint density at radius 1 is 1.30 bits per heavy atom. The van der Waals surface area contributed by atoms with E-state index >= 15 is 0 Å². The highest BCUT2D eigenvalue weighted by molar-refractivity contribution is 8.00. The summed E-state index contributed by atoms with van der Waals surface area (Å²) >= 11 is 1.94. The van der Waals surface area contributed by atoms with E-state index in [1.54, 1.807) is 0 Å². The Morgan fingerprint density at radius 3 is 2.65 bits per heavy atom. The number of anilines is 1. The van der Waals surface area contributed by atoms with E-state index in [1.807, 2.05) is 23.9 Å². The van der Waals surface area contributed by atoms with Crippen molar-refractivity contribution < 1.29 is 9.53 Å². The van der Waals surface area contributed by atoms with Gasteiger partial charge in [0.25, 0.3) is 0 Å². The van der Waals surface area contributed by atoms with Crippen molar-refractivity contribution in [1.29, 1.82) is 0 Å². The lowest BCUT2D eigenvalue weighted by Crippen LogP contribution is -2.20. The third-order valence-corrected chi connectivity index (χ3v) is 4.59. The molecular weight excluding hydrogens is 272 g/mol. The number of nitrogens with two attached hydrogens (primary N) is 1. The first-order chi connectivity index (χ1) is 9.78. The summed E-state index contributed by atoms with van der Waals surface area (Å²) in [5, 5.41) is 3.57. The minimum Gasteiger partial charge on any atom is -0.370 e. The van der Waals surface area contributed by atoms with E-state index in [9.17, 15) is 4.79 Å². The predicted molar refractivity (Wildman–Crippen MR) is 83.1 cm³/mol. The highest BCUT2D eigenvalue weighted by Crippen LogP contribution is 2.34. The lowest BCUT2D eigenvalue weighted by Gasteiger charge is -2.10. The third kappa shape index (κ3) is 5.15. The largest absolute Gasteiger partial charge is 0.370 e. The maximum absolute atomic E-state index is 11.6. The summed E-state index contributed by atoms with van der Waals surface area (Å²) in [5.74, 6) is -0.144. The number of hydrogen-bond donors (Lipinski definition) is 2. The molecule has 1 aliphatic rings. The molecule has 1 fully saturated rings. The average Bonchev–Trinajstić information content (AvgIpc) is 2.94. The zero-order valence-corrected chi connectivity index (χ0v) is 12.5. The molecule has 110 valence electrons. The van der Waals surface area contributed by atoms with E-state index in [4.69, 9.17) is 10.5 Å². The van der Waals surface area contributed by atoms with Gasteiger partial charge in [0.15, 0.2) is 0 Å². The Labute approximate surface area is 124 Å². The highest BCUT2D eigenvalue weighted by Gasteiger charge is 2.15. The molecule has 0 aromatic heterocycles. The number of carbonyl (C=O) groups is 1. The van der Waals surface area contributed by atoms with Crippen molar-refractivity contribution in [3.63, 3.8) is 0 Å². The van der Waals surface area contributed by atoms with Gasteiger partial charge in [0, 0.05) is 22.4 Å². The Kier molecular flexibility index (Phi) is 6.36. The molecule has 0 aliphatic heterocycles. The van der Waals surface area contributed by atoms with E-state index < -0.39 is 0 Å². The smallest absolute Gasteiger partial charge is 0.250 e. The SMILES string of the molecule is NCCOCC(=O)Nc1ccc(SC2CCCC2)cc1. The second-order valence-corrected chi connectivity index (χ2v) is 6.31. The van der Waals surface area contributed by atoms with E-state index in [-0.39, 0.29) is 12.5 Å². The number of hydrogen-bond acceptors (Lipinski definition) is 4. The van der Waals surface area contributed by atoms with Gasteiger partial charge in [0.2, 0.25) is 5.91 Å². The van der Waals surface area contributed by atoms with E-state index in [2.05, 4.69) is 17.4 Å². The number of amides is 1. The second-order valence-electron chi connectivity index (χ2n) is 4.94. The molecule has 2 rings (SSSR count). The van der Waals surface area contributed by atoms with Crippen LogP contribution < -0.4 is 11.1 Å². The molecule has 1 aromatic carbocycles. The Balaban J connectivity index is 1.77. The van der Waals surface area contributed by atoms with E-state index in [0.717, 1.165) is 10.9 Å². The molecule has 20 heavy (non-hydrogen) atoms. The molecule has 1 aromatic rings. The minimum absolute atomic E-state index is 0.0514. The molecule has 0 spiro atoms. The van der Waals surface area contributed by atoms with Crippen LogP contribution in [0.5, 0.6) is 0 Å². The molecule has 1 saturated carbocycles. The molecule has 0 atom stereocenters. The van der Waals surface area contributed by atoms with Gasteiger partial charge >= 0.3 is 0 Å². The number of benzene rings is 1. The van der Waals surface area contributed by atoms with Crippen molar-refractivity contribution in [2.24, 2.45) is 5.73 Å². The first kappa shape index (κ1) is 15.4. The fraction of sp³-hybridized carbons (Fsp3) is 0.533. The quantitative estimate of drug-likeness (QED) is 0.759. The maximum atomic E-state index is 11.6. The summed E-state index contributed by atoms with van der Waals surface area (Å²) in [6.45, 7) is 0.889. The lowest BCUT2D eigenvalue weighted by molar-refractivity contribution is -0.120. The van der Waals surface area contributed by atoms with Gasteiger partial charge in [-0.25, -0.2) is 0 Å². The number of nitrogens with one attached hydrogen (secondary N) is 1. The van der Waals surface area contributed by atoms with Gasteiger partial charge in [-0.3, -0.25) is 4.79 Å². The first-order valence-corrected chi connectivity index (χ1v) is 8.00. The van der Waals surface area contributed by atoms with E-state index in [1.165, 1.54) is 30.6 Å². The fourth-order valence-corrected chi connectivity index (χ4v) is 3.51. The summed E-state index contributed by atoms with van der Waals surface area (Å²) in [6.07, 6.45) is 5.35. The molecule has 0 bridgehead atoms. The first-order valence-electron chi connectivity index (χ1n) is 7.12. The molecule has 0 saturated heterocycles. The van der Waals surface area contributed by atoms with Crippen molar-refractivity contribution in [3.05, 3.63) is 24.3 Å². The van der Waals surface area contributed by atoms with Gasteiger partial charge in [0.05, 0.1) is 6.61 Å². The van der Waals surface area contributed by atoms with Crippen LogP contribution in [-0.2, 0) is 9.53 Å². The zero-order chi connectivity index (χ0) is 14.2. The van der Waals surface area contributed by atoms with E-state index in [0.29, 0.717) is 13.2 Å². The van der Waals surface area contributed by atoms with Crippen molar-refractivity contribution in [1.82, 2.24) is 0 Å². The van der Waals surface area contributed by atoms with Crippen LogP contribution in [0.15, 0.2) is 29.2 Å². The normalized spacial score (nSPS) is 15.4.